The van der Waals surface area contributed by atoms with Gasteiger partial charge in [-0.1, -0.05) is 19.9 Å². The Labute approximate surface area is 116 Å². The van der Waals surface area contributed by atoms with E-state index >= 15 is 0 Å². The third-order valence-electron chi connectivity index (χ3n) is 4.20. The van der Waals surface area contributed by atoms with Gasteiger partial charge in [0.05, 0.1) is 0 Å². The highest BCUT2D eigenvalue weighted by molar-refractivity contribution is 7.09. The van der Waals surface area contributed by atoms with Crippen LogP contribution in [0.4, 0.5) is 0 Å². The van der Waals surface area contributed by atoms with Crippen LogP contribution in [-0.4, -0.2) is 37.1 Å². The van der Waals surface area contributed by atoms with Crippen molar-refractivity contribution in [2.24, 2.45) is 0 Å². The van der Waals surface area contributed by atoms with Crippen molar-refractivity contribution in [3.05, 3.63) is 22.4 Å². The van der Waals surface area contributed by atoms with Gasteiger partial charge >= 0.3 is 0 Å². The Hall–Kier alpha value is -0.380. The number of aryl methyl sites for hydroxylation is 1. The zero-order valence-electron chi connectivity index (χ0n) is 12.5. The van der Waals surface area contributed by atoms with Crippen LogP contribution in [0.15, 0.2) is 17.5 Å². The minimum absolute atomic E-state index is 0.229. The Kier molecular flexibility index (Phi) is 6.33. The second-order valence-corrected chi connectivity index (χ2v) is 6.37. The number of likely N-dealkylation sites (N-methyl/N-ethyl adjacent to an activating group) is 2. The van der Waals surface area contributed by atoms with Crippen LogP contribution in [0.2, 0.25) is 0 Å². The first-order valence-corrected chi connectivity index (χ1v) is 7.85. The van der Waals surface area contributed by atoms with E-state index in [1.54, 1.807) is 0 Å². The quantitative estimate of drug-likeness (QED) is 0.777. The van der Waals surface area contributed by atoms with Crippen molar-refractivity contribution >= 4 is 11.3 Å². The highest BCUT2D eigenvalue weighted by atomic mass is 32.1. The van der Waals surface area contributed by atoms with Gasteiger partial charge in [0, 0.05) is 16.5 Å². The van der Waals surface area contributed by atoms with Crippen LogP contribution in [0, 0.1) is 0 Å². The molecule has 1 aromatic heterocycles. The lowest BCUT2D eigenvalue weighted by Gasteiger charge is -2.43. The summed E-state index contributed by atoms with van der Waals surface area (Å²) in [6.07, 6.45) is 3.55. The van der Waals surface area contributed by atoms with Crippen LogP contribution in [-0.2, 0) is 6.42 Å². The molecule has 0 aliphatic rings. The van der Waals surface area contributed by atoms with Gasteiger partial charge in [-0.25, -0.2) is 0 Å². The van der Waals surface area contributed by atoms with E-state index in [9.17, 15) is 0 Å². The SMILES string of the molecule is CCNC(CCc1cccs1)C(C)(CC)N(C)C. The summed E-state index contributed by atoms with van der Waals surface area (Å²) < 4.78 is 0. The molecule has 1 rings (SSSR count). The van der Waals surface area contributed by atoms with E-state index in [-0.39, 0.29) is 5.54 Å². The molecular weight excluding hydrogens is 240 g/mol. The standard InChI is InChI=1S/C15H28N2S/c1-6-15(3,17(4)5)14(16-7-2)11-10-13-9-8-12-18-13/h8-9,12,14,16H,6-7,10-11H2,1-5H3. The lowest BCUT2D eigenvalue weighted by atomic mass is 9.85. The predicted octanol–water partition coefficient (Wildman–Crippen LogP) is 3.39. The van der Waals surface area contributed by atoms with Gasteiger partial charge in [-0.3, -0.25) is 0 Å². The van der Waals surface area contributed by atoms with Crippen molar-refractivity contribution in [2.45, 2.75) is 51.6 Å². The van der Waals surface area contributed by atoms with E-state index in [0.717, 1.165) is 6.54 Å². The molecule has 0 aliphatic carbocycles. The van der Waals surface area contributed by atoms with Crippen molar-refractivity contribution in [2.75, 3.05) is 20.6 Å². The molecule has 3 heteroatoms. The summed E-state index contributed by atoms with van der Waals surface area (Å²) in [5.74, 6) is 0. The molecule has 0 aliphatic heterocycles. The molecule has 18 heavy (non-hydrogen) atoms. The van der Waals surface area contributed by atoms with Crippen LogP contribution >= 0.6 is 11.3 Å². The Bertz CT molecular complexity index is 321. The van der Waals surface area contributed by atoms with Crippen molar-refractivity contribution in [1.29, 1.82) is 0 Å². The number of nitrogens with one attached hydrogen (secondary N) is 1. The molecule has 1 N–H and O–H groups in total. The minimum atomic E-state index is 0.229. The Morgan fingerprint density at radius 2 is 2.11 bits per heavy atom. The topological polar surface area (TPSA) is 15.3 Å². The third-order valence-corrected chi connectivity index (χ3v) is 5.13. The molecule has 2 unspecified atom stereocenters. The maximum Gasteiger partial charge on any atom is 0.0325 e. The largest absolute Gasteiger partial charge is 0.312 e. The second kappa shape index (κ2) is 7.27. The molecule has 104 valence electrons. The van der Waals surface area contributed by atoms with Gasteiger partial charge in [-0.05, 0) is 58.3 Å². The Morgan fingerprint density at radius 3 is 2.56 bits per heavy atom. The summed E-state index contributed by atoms with van der Waals surface area (Å²) in [5.41, 5.74) is 0.229. The van der Waals surface area contributed by atoms with Gasteiger partial charge < -0.3 is 10.2 Å². The first kappa shape index (κ1) is 15.7. The maximum absolute atomic E-state index is 3.68. The highest BCUT2D eigenvalue weighted by Crippen LogP contribution is 2.25. The monoisotopic (exact) mass is 268 g/mol. The first-order chi connectivity index (χ1) is 8.54. The third kappa shape index (κ3) is 3.81. The highest BCUT2D eigenvalue weighted by Gasteiger charge is 2.33. The molecule has 0 saturated heterocycles. The second-order valence-electron chi connectivity index (χ2n) is 5.33. The van der Waals surface area contributed by atoms with Crippen molar-refractivity contribution in [3.8, 4) is 0 Å². The molecule has 1 heterocycles. The van der Waals surface area contributed by atoms with Crippen LogP contribution in [0.3, 0.4) is 0 Å². The first-order valence-electron chi connectivity index (χ1n) is 6.97. The maximum atomic E-state index is 3.68. The van der Waals surface area contributed by atoms with Gasteiger partial charge in [-0.2, -0.15) is 0 Å². The number of hydrogen-bond acceptors (Lipinski definition) is 3. The summed E-state index contributed by atoms with van der Waals surface area (Å²) in [7, 11) is 4.39. The molecule has 0 fully saturated rings. The average molecular weight is 268 g/mol. The molecule has 0 saturated carbocycles. The average Bonchev–Trinajstić information content (AvgIpc) is 2.86. The molecule has 2 nitrogen and oxygen atoms in total. The molecule has 0 aromatic carbocycles. The number of rotatable bonds is 8. The summed E-state index contributed by atoms with van der Waals surface area (Å²) in [6.45, 7) is 7.90. The van der Waals surface area contributed by atoms with Crippen LogP contribution in [0.1, 0.15) is 38.5 Å². The fourth-order valence-electron chi connectivity index (χ4n) is 2.50. The minimum Gasteiger partial charge on any atom is -0.312 e. The van der Waals surface area contributed by atoms with Crippen molar-refractivity contribution in [3.63, 3.8) is 0 Å². The lowest BCUT2D eigenvalue weighted by Crippen LogP contribution is -2.57. The van der Waals surface area contributed by atoms with E-state index in [1.165, 1.54) is 24.1 Å². The number of nitrogens with zero attached hydrogens (tertiary/aromatic N) is 1. The molecular formula is C15H28N2S. The molecule has 2 atom stereocenters. The molecule has 0 radical (unpaired) electrons. The van der Waals surface area contributed by atoms with Gasteiger partial charge in [-0.15, -0.1) is 11.3 Å². The molecule has 0 amide bonds. The van der Waals surface area contributed by atoms with Gasteiger partial charge in [0.1, 0.15) is 0 Å². The zero-order chi connectivity index (χ0) is 13.6. The van der Waals surface area contributed by atoms with E-state index in [2.05, 4.69) is 62.6 Å². The Morgan fingerprint density at radius 1 is 1.39 bits per heavy atom. The van der Waals surface area contributed by atoms with Gasteiger partial charge in [0.25, 0.3) is 0 Å². The van der Waals surface area contributed by atoms with Crippen LogP contribution in [0.5, 0.6) is 0 Å². The molecule has 0 spiro atoms. The normalized spacial score (nSPS) is 16.8. The van der Waals surface area contributed by atoms with Gasteiger partial charge in [0.15, 0.2) is 0 Å². The fourth-order valence-corrected chi connectivity index (χ4v) is 3.22. The van der Waals surface area contributed by atoms with Gasteiger partial charge in [0.2, 0.25) is 0 Å². The predicted molar refractivity (Wildman–Crippen MR) is 82.5 cm³/mol. The summed E-state index contributed by atoms with van der Waals surface area (Å²) >= 11 is 1.87. The van der Waals surface area contributed by atoms with E-state index < -0.39 is 0 Å². The van der Waals surface area contributed by atoms with E-state index in [4.69, 9.17) is 0 Å². The summed E-state index contributed by atoms with van der Waals surface area (Å²) in [6, 6.07) is 4.93. The van der Waals surface area contributed by atoms with Crippen molar-refractivity contribution in [1.82, 2.24) is 10.2 Å². The Balaban J connectivity index is 2.68. The van der Waals surface area contributed by atoms with Crippen LogP contribution in [0.25, 0.3) is 0 Å². The lowest BCUT2D eigenvalue weighted by molar-refractivity contribution is 0.109. The van der Waals surface area contributed by atoms with E-state index in [0.29, 0.717) is 6.04 Å². The zero-order valence-corrected chi connectivity index (χ0v) is 13.3. The fraction of sp³-hybridized carbons (Fsp3) is 0.733. The van der Waals surface area contributed by atoms with E-state index in [1.807, 2.05) is 11.3 Å². The van der Waals surface area contributed by atoms with Crippen molar-refractivity contribution < 1.29 is 0 Å². The number of hydrogen-bond donors (Lipinski definition) is 1. The molecule has 0 bridgehead atoms. The number of thiophene rings is 1. The molecule has 1 aromatic rings. The summed E-state index contributed by atoms with van der Waals surface area (Å²) in [5, 5.41) is 5.85. The smallest absolute Gasteiger partial charge is 0.0325 e. The van der Waals surface area contributed by atoms with Crippen LogP contribution < -0.4 is 5.32 Å². The summed E-state index contributed by atoms with van der Waals surface area (Å²) in [4.78, 5) is 3.87.